The molecule has 0 radical (unpaired) electrons. The van der Waals surface area contributed by atoms with Gasteiger partial charge in [0.25, 0.3) is 0 Å². The monoisotopic (exact) mass is 277 g/mol. The van der Waals surface area contributed by atoms with Gasteiger partial charge in [0, 0.05) is 11.4 Å². The summed E-state index contributed by atoms with van der Waals surface area (Å²) >= 11 is 1.67. The van der Waals surface area contributed by atoms with Crippen molar-refractivity contribution in [1.29, 1.82) is 0 Å². The first-order chi connectivity index (χ1) is 8.55. The second-order valence-corrected chi connectivity index (χ2v) is 6.01. The van der Waals surface area contributed by atoms with Crippen LogP contribution in [0.2, 0.25) is 0 Å². The predicted molar refractivity (Wildman–Crippen MR) is 67.5 cm³/mol. The highest BCUT2D eigenvalue weighted by atomic mass is 32.1. The molecule has 18 heavy (non-hydrogen) atoms. The minimum Gasteiger partial charge on any atom is -0.312 e. The van der Waals surface area contributed by atoms with Gasteiger partial charge in [-0.05, 0) is 43.2 Å². The molecule has 0 bridgehead atoms. The molecule has 0 saturated heterocycles. The fraction of sp³-hybridized carbons (Fsp3) is 0.692. The van der Waals surface area contributed by atoms with Crippen LogP contribution in [0, 0.1) is 11.8 Å². The van der Waals surface area contributed by atoms with Crippen molar-refractivity contribution in [3.8, 4) is 0 Å². The van der Waals surface area contributed by atoms with Crippen LogP contribution >= 0.6 is 11.3 Å². The molecule has 2 rings (SSSR count). The van der Waals surface area contributed by atoms with Crippen LogP contribution in [0.5, 0.6) is 0 Å². The van der Waals surface area contributed by atoms with Crippen molar-refractivity contribution in [2.75, 3.05) is 6.54 Å². The molecule has 0 spiro atoms. The molecule has 1 fully saturated rings. The van der Waals surface area contributed by atoms with Gasteiger partial charge >= 0.3 is 6.18 Å². The smallest absolute Gasteiger partial charge is 0.312 e. The summed E-state index contributed by atoms with van der Waals surface area (Å²) in [5.74, 6) is -0.912. The van der Waals surface area contributed by atoms with E-state index in [4.69, 9.17) is 0 Å². The topological polar surface area (TPSA) is 12.0 Å². The van der Waals surface area contributed by atoms with E-state index >= 15 is 0 Å². The Kier molecular flexibility index (Phi) is 4.67. The van der Waals surface area contributed by atoms with Crippen molar-refractivity contribution >= 4 is 11.3 Å². The SMILES string of the molecule is FC(F)(F)C1CCCC(CNCc2cccs2)C1. The molecular formula is C13H18F3NS. The molecule has 1 aromatic heterocycles. The lowest BCUT2D eigenvalue weighted by Crippen LogP contribution is -2.33. The first-order valence-corrected chi connectivity index (χ1v) is 7.23. The number of rotatable bonds is 4. The number of hydrogen-bond acceptors (Lipinski definition) is 2. The van der Waals surface area contributed by atoms with Crippen LogP contribution in [0.1, 0.15) is 30.6 Å². The minimum atomic E-state index is -4.01. The van der Waals surface area contributed by atoms with Gasteiger partial charge in [-0.25, -0.2) is 0 Å². The molecule has 1 heterocycles. The van der Waals surface area contributed by atoms with Gasteiger partial charge in [0.15, 0.2) is 0 Å². The highest BCUT2D eigenvalue weighted by molar-refractivity contribution is 7.09. The third-order valence-corrected chi connectivity index (χ3v) is 4.43. The zero-order valence-corrected chi connectivity index (χ0v) is 11.0. The largest absolute Gasteiger partial charge is 0.391 e. The zero-order valence-electron chi connectivity index (χ0n) is 10.2. The molecule has 0 amide bonds. The van der Waals surface area contributed by atoms with Crippen molar-refractivity contribution in [2.45, 2.75) is 38.4 Å². The van der Waals surface area contributed by atoms with E-state index in [-0.39, 0.29) is 5.92 Å². The molecular weight excluding hydrogens is 259 g/mol. The summed E-state index contributed by atoms with van der Waals surface area (Å²) in [5.41, 5.74) is 0. The maximum atomic E-state index is 12.6. The molecule has 102 valence electrons. The summed E-state index contributed by atoms with van der Waals surface area (Å²) in [6.45, 7) is 1.47. The Morgan fingerprint density at radius 1 is 1.33 bits per heavy atom. The Labute approximate surface area is 109 Å². The van der Waals surface area contributed by atoms with E-state index in [1.807, 2.05) is 17.5 Å². The molecule has 2 unspecified atom stereocenters. The normalized spacial score (nSPS) is 25.3. The average Bonchev–Trinajstić information content (AvgIpc) is 2.81. The van der Waals surface area contributed by atoms with E-state index in [2.05, 4.69) is 5.32 Å². The summed E-state index contributed by atoms with van der Waals surface area (Å²) in [6.07, 6.45) is -1.78. The minimum absolute atomic E-state index is 0.172. The molecule has 1 aliphatic rings. The van der Waals surface area contributed by atoms with Gasteiger partial charge < -0.3 is 5.32 Å². The fourth-order valence-corrected chi connectivity index (χ4v) is 3.26. The van der Waals surface area contributed by atoms with Crippen LogP contribution in [0.25, 0.3) is 0 Å². The van der Waals surface area contributed by atoms with Crippen LogP contribution in [-0.2, 0) is 6.54 Å². The quantitative estimate of drug-likeness (QED) is 0.869. The van der Waals surface area contributed by atoms with Crippen LogP contribution in [0.3, 0.4) is 0 Å². The van der Waals surface area contributed by atoms with Crippen molar-refractivity contribution in [1.82, 2.24) is 5.32 Å². The van der Waals surface area contributed by atoms with Crippen molar-refractivity contribution in [3.05, 3.63) is 22.4 Å². The van der Waals surface area contributed by atoms with E-state index in [0.29, 0.717) is 25.8 Å². The lowest BCUT2D eigenvalue weighted by Gasteiger charge is -2.30. The maximum absolute atomic E-state index is 12.6. The Morgan fingerprint density at radius 2 is 2.17 bits per heavy atom. The van der Waals surface area contributed by atoms with E-state index in [1.165, 1.54) is 4.88 Å². The lowest BCUT2D eigenvalue weighted by molar-refractivity contribution is -0.185. The predicted octanol–water partition coefficient (Wildman–Crippen LogP) is 4.21. The summed E-state index contributed by atoms with van der Waals surface area (Å²) in [6, 6.07) is 4.03. The number of halogens is 3. The molecule has 1 saturated carbocycles. The maximum Gasteiger partial charge on any atom is 0.391 e. The van der Waals surface area contributed by atoms with Crippen LogP contribution < -0.4 is 5.32 Å². The van der Waals surface area contributed by atoms with E-state index in [0.717, 1.165) is 13.0 Å². The molecule has 0 aliphatic heterocycles. The number of nitrogens with one attached hydrogen (secondary N) is 1. The zero-order chi connectivity index (χ0) is 13.0. The summed E-state index contributed by atoms with van der Waals surface area (Å²) in [4.78, 5) is 1.23. The van der Waals surface area contributed by atoms with Crippen molar-refractivity contribution in [3.63, 3.8) is 0 Å². The lowest BCUT2D eigenvalue weighted by atomic mass is 9.81. The van der Waals surface area contributed by atoms with E-state index in [9.17, 15) is 13.2 Å². The molecule has 1 nitrogen and oxygen atoms in total. The highest BCUT2D eigenvalue weighted by Gasteiger charge is 2.41. The Balaban J connectivity index is 1.73. The molecule has 5 heteroatoms. The Bertz CT molecular complexity index is 348. The van der Waals surface area contributed by atoms with Gasteiger partial charge in [0.2, 0.25) is 0 Å². The van der Waals surface area contributed by atoms with Gasteiger partial charge in [-0.1, -0.05) is 12.5 Å². The second-order valence-electron chi connectivity index (χ2n) is 4.98. The molecule has 1 N–H and O–H groups in total. The average molecular weight is 277 g/mol. The molecule has 0 aromatic carbocycles. The standard InChI is InChI=1S/C13H18F3NS/c14-13(15,16)11-4-1-3-10(7-11)8-17-9-12-5-2-6-18-12/h2,5-6,10-11,17H,1,3-4,7-9H2. The molecule has 1 aliphatic carbocycles. The molecule has 2 atom stereocenters. The van der Waals surface area contributed by atoms with Gasteiger partial charge in [0.05, 0.1) is 5.92 Å². The second kappa shape index (κ2) is 6.06. The van der Waals surface area contributed by atoms with Gasteiger partial charge in [-0.15, -0.1) is 11.3 Å². The summed E-state index contributed by atoms with van der Waals surface area (Å²) in [5, 5.41) is 5.28. The van der Waals surface area contributed by atoms with Gasteiger partial charge in [-0.2, -0.15) is 13.2 Å². The summed E-state index contributed by atoms with van der Waals surface area (Å²) < 4.78 is 37.9. The van der Waals surface area contributed by atoms with Crippen molar-refractivity contribution in [2.24, 2.45) is 11.8 Å². The number of thiophene rings is 1. The third kappa shape index (κ3) is 3.99. The van der Waals surface area contributed by atoms with Gasteiger partial charge in [-0.3, -0.25) is 0 Å². The first kappa shape index (κ1) is 13.9. The number of alkyl halides is 3. The van der Waals surface area contributed by atoms with Crippen LogP contribution in [0.15, 0.2) is 17.5 Å². The highest BCUT2D eigenvalue weighted by Crippen LogP contribution is 2.39. The van der Waals surface area contributed by atoms with Crippen molar-refractivity contribution < 1.29 is 13.2 Å². The molecule has 1 aromatic rings. The summed E-state index contributed by atoms with van der Waals surface area (Å²) in [7, 11) is 0. The van der Waals surface area contributed by atoms with E-state index in [1.54, 1.807) is 11.3 Å². The van der Waals surface area contributed by atoms with Crippen LogP contribution in [-0.4, -0.2) is 12.7 Å². The Morgan fingerprint density at radius 3 is 2.83 bits per heavy atom. The van der Waals surface area contributed by atoms with Gasteiger partial charge in [0.1, 0.15) is 0 Å². The van der Waals surface area contributed by atoms with E-state index < -0.39 is 12.1 Å². The third-order valence-electron chi connectivity index (χ3n) is 3.56. The van der Waals surface area contributed by atoms with Crippen LogP contribution in [0.4, 0.5) is 13.2 Å². The Hall–Kier alpha value is -0.550. The fourth-order valence-electron chi connectivity index (χ4n) is 2.59. The number of hydrogen-bond donors (Lipinski definition) is 1. The first-order valence-electron chi connectivity index (χ1n) is 6.35.